The Bertz CT molecular complexity index is 767. The summed E-state index contributed by atoms with van der Waals surface area (Å²) in [7, 11) is 0. The zero-order valence-electron chi connectivity index (χ0n) is 11.7. The van der Waals surface area contributed by atoms with Gasteiger partial charge in [-0.1, -0.05) is 24.3 Å². The molecule has 3 aromatic rings. The molecule has 1 amide bonds. The number of carbonyl (C=O) groups is 1. The second-order valence-corrected chi connectivity index (χ2v) is 4.84. The Hall–Kier alpha value is -2.95. The van der Waals surface area contributed by atoms with Gasteiger partial charge in [0.05, 0.1) is 24.1 Å². The zero-order valence-corrected chi connectivity index (χ0v) is 11.7. The molecule has 0 spiro atoms. The largest absolute Gasteiger partial charge is 0.324 e. The van der Waals surface area contributed by atoms with Crippen LogP contribution in [0.3, 0.4) is 0 Å². The van der Waals surface area contributed by atoms with Crippen LogP contribution in [0.25, 0.3) is 5.69 Å². The van der Waals surface area contributed by atoms with Crippen LogP contribution in [-0.4, -0.2) is 15.5 Å². The maximum absolute atomic E-state index is 12.9. The summed E-state index contributed by atoms with van der Waals surface area (Å²) in [5.74, 6) is -0.464. The Morgan fingerprint density at radius 3 is 2.64 bits per heavy atom. The number of nitrogens with zero attached hydrogens (tertiary/aromatic N) is 2. The number of nitrogens with one attached hydrogen (secondary N) is 1. The average molecular weight is 295 g/mol. The molecule has 5 heteroatoms. The lowest BCUT2D eigenvalue weighted by Crippen LogP contribution is -2.15. The van der Waals surface area contributed by atoms with E-state index in [1.165, 1.54) is 12.1 Å². The van der Waals surface area contributed by atoms with E-state index in [9.17, 15) is 9.18 Å². The highest BCUT2D eigenvalue weighted by Crippen LogP contribution is 2.19. The van der Waals surface area contributed by atoms with Crippen molar-refractivity contribution in [3.8, 4) is 5.69 Å². The normalized spacial score (nSPS) is 10.4. The van der Waals surface area contributed by atoms with Crippen LogP contribution < -0.4 is 5.32 Å². The monoisotopic (exact) mass is 295 g/mol. The standard InChI is InChI=1S/C17H14FN3O/c18-14-7-5-13(6-8-14)11-17(22)20-15-3-1-2-4-16(15)21-10-9-19-12-21/h1-10,12H,11H2,(H,20,22). The van der Waals surface area contributed by atoms with Gasteiger partial charge in [-0.15, -0.1) is 0 Å². The molecular weight excluding hydrogens is 281 g/mol. The summed E-state index contributed by atoms with van der Waals surface area (Å²) >= 11 is 0. The van der Waals surface area contributed by atoms with E-state index in [1.54, 1.807) is 24.7 Å². The number of rotatable bonds is 4. The van der Waals surface area contributed by atoms with Crippen molar-refractivity contribution in [1.82, 2.24) is 9.55 Å². The van der Waals surface area contributed by atoms with Crippen molar-refractivity contribution in [1.29, 1.82) is 0 Å². The number of anilines is 1. The molecule has 0 aliphatic rings. The number of imidazole rings is 1. The predicted octanol–water partition coefficient (Wildman–Crippen LogP) is 3.19. The molecule has 4 nitrogen and oxygen atoms in total. The van der Waals surface area contributed by atoms with Crippen LogP contribution in [0.4, 0.5) is 10.1 Å². The van der Waals surface area contributed by atoms with E-state index in [2.05, 4.69) is 10.3 Å². The number of hydrogen-bond donors (Lipinski definition) is 1. The number of hydrogen-bond acceptors (Lipinski definition) is 2. The first-order chi connectivity index (χ1) is 10.7. The van der Waals surface area contributed by atoms with E-state index in [-0.39, 0.29) is 18.1 Å². The molecule has 0 aliphatic heterocycles. The molecule has 0 saturated heterocycles. The first-order valence-electron chi connectivity index (χ1n) is 6.84. The third-order valence-corrected chi connectivity index (χ3v) is 3.24. The van der Waals surface area contributed by atoms with Gasteiger partial charge in [0, 0.05) is 12.4 Å². The van der Waals surface area contributed by atoms with E-state index >= 15 is 0 Å². The lowest BCUT2D eigenvalue weighted by atomic mass is 10.1. The van der Waals surface area contributed by atoms with Crippen molar-refractivity contribution in [2.24, 2.45) is 0 Å². The summed E-state index contributed by atoms with van der Waals surface area (Å²) in [6.07, 6.45) is 5.35. The van der Waals surface area contributed by atoms with Crippen molar-refractivity contribution >= 4 is 11.6 Å². The number of benzene rings is 2. The molecule has 22 heavy (non-hydrogen) atoms. The molecule has 1 heterocycles. The van der Waals surface area contributed by atoms with Gasteiger partial charge in [-0.05, 0) is 29.8 Å². The summed E-state index contributed by atoms with van der Waals surface area (Å²) < 4.78 is 14.7. The van der Waals surface area contributed by atoms with Crippen LogP contribution in [0.15, 0.2) is 67.3 Å². The van der Waals surface area contributed by atoms with Gasteiger partial charge in [-0.2, -0.15) is 0 Å². The van der Waals surface area contributed by atoms with E-state index < -0.39 is 0 Å². The van der Waals surface area contributed by atoms with Gasteiger partial charge >= 0.3 is 0 Å². The minimum atomic E-state index is -0.311. The topological polar surface area (TPSA) is 46.9 Å². The van der Waals surface area contributed by atoms with E-state index in [4.69, 9.17) is 0 Å². The van der Waals surface area contributed by atoms with Crippen LogP contribution >= 0.6 is 0 Å². The van der Waals surface area contributed by atoms with E-state index in [1.807, 2.05) is 35.0 Å². The van der Waals surface area contributed by atoms with Crippen molar-refractivity contribution in [2.75, 3.05) is 5.32 Å². The van der Waals surface area contributed by atoms with Gasteiger partial charge in [0.2, 0.25) is 5.91 Å². The highest BCUT2D eigenvalue weighted by Gasteiger charge is 2.08. The number of aromatic nitrogens is 2. The van der Waals surface area contributed by atoms with Crippen LogP contribution in [0, 0.1) is 5.82 Å². The fraction of sp³-hybridized carbons (Fsp3) is 0.0588. The third-order valence-electron chi connectivity index (χ3n) is 3.24. The van der Waals surface area contributed by atoms with E-state index in [0.29, 0.717) is 5.69 Å². The summed E-state index contributed by atoms with van der Waals surface area (Å²) in [5, 5.41) is 2.88. The summed E-state index contributed by atoms with van der Waals surface area (Å²) in [6.45, 7) is 0. The molecule has 2 aromatic carbocycles. The minimum Gasteiger partial charge on any atom is -0.324 e. The molecule has 3 rings (SSSR count). The molecule has 0 atom stereocenters. The van der Waals surface area contributed by atoms with Crippen LogP contribution in [-0.2, 0) is 11.2 Å². The second-order valence-electron chi connectivity index (χ2n) is 4.84. The smallest absolute Gasteiger partial charge is 0.228 e. The van der Waals surface area contributed by atoms with Crippen molar-refractivity contribution in [3.05, 3.63) is 78.6 Å². The summed E-state index contributed by atoms with van der Waals surface area (Å²) in [6, 6.07) is 13.4. The molecule has 0 aliphatic carbocycles. The lowest BCUT2D eigenvalue weighted by molar-refractivity contribution is -0.115. The average Bonchev–Trinajstić information content (AvgIpc) is 3.04. The maximum Gasteiger partial charge on any atom is 0.228 e. The third kappa shape index (κ3) is 3.20. The number of amides is 1. The number of para-hydroxylation sites is 2. The molecule has 0 fully saturated rings. The van der Waals surface area contributed by atoms with Gasteiger partial charge in [-0.25, -0.2) is 9.37 Å². The Morgan fingerprint density at radius 2 is 1.91 bits per heavy atom. The maximum atomic E-state index is 12.9. The van der Waals surface area contributed by atoms with Gasteiger partial charge in [0.1, 0.15) is 5.82 Å². The number of carbonyl (C=O) groups excluding carboxylic acids is 1. The summed E-state index contributed by atoms with van der Waals surface area (Å²) in [5.41, 5.74) is 2.30. The first-order valence-corrected chi connectivity index (χ1v) is 6.84. The van der Waals surface area contributed by atoms with Gasteiger partial charge < -0.3 is 9.88 Å². The molecule has 1 N–H and O–H groups in total. The fourth-order valence-electron chi connectivity index (χ4n) is 2.19. The predicted molar refractivity (Wildman–Crippen MR) is 82.3 cm³/mol. The lowest BCUT2D eigenvalue weighted by Gasteiger charge is -2.11. The SMILES string of the molecule is O=C(Cc1ccc(F)cc1)Nc1ccccc1-n1ccnc1. The summed E-state index contributed by atoms with van der Waals surface area (Å²) in [4.78, 5) is 16.2. The molecule has 110 valence electrons. The highest BCUT2D eigenvalue weighted by molar-refractivity contribution is 5.94. The first kappa shape index (κ1) is 14.0. The van der Waals surface area contributed by atoms with Crippen molar-refractivity contribution in [3.63, 3.8) is 0 Å². The Labute approximate surface area is 127 Å². The van der Waals surface area contributed by atoms with Crippen LogP contribution in [0.2, 0.25) is 0 Å². The Morgan fingerprint density at radius 1 is 1.14 bits per heavy atom. The molecule has 0 saturated carbocycles. The second kappa shape index (κ2) is 6.22. The van der Waals surface area contributed by atoms with Gasteiger partial charge in [0.25, 0.3) is 0 Å². The quantitative estimate of drug-likeness (QED) is 0.803. The van der Waals surface area contributed by atoms with Crippen LogP contribution in [0.5, 0.6) is 0 Å². The number of halogens is 1. The highest BCUT2D eigenvalue weighted by atomic mass is 19.1. The van der Waals surface area contributed by atoms with Crippen molar-refractivity contribution < 1.29 is 9.18 Å². The van der Waals surface area contributed by atoms with Crippen molar-refractivity contribution in [2.45, 2.75) is 6.42 Å². The molecule has 0 bridgehead atoms. The molecule has 1 aromatic heterocycles. The molecule has 0 radical (unpaired) electrons. The zero-order chi connectivity index (χ0) is 15.4. The van der Waals surface area contributed by atoms with E-state index in [0.717, 1.165) is 11.3 Å². The Kier molecular flexibility index (Phi) is 3.96. The van der Waals surface area contributed by atoms with Crippen LogP contribution in [0.1, 0.15) is 5.56 Å². The molecule has 0 unspecified atom stereocenters. The minimum absolute atomic E-state index is 0.154. The van der Waals surface area contributed by atoms with Gasteiger partial charge in [-0.3, -0.25) is 4.79 Å². The fourth-order valence-corrected chi connectivity index (χ4v) is 2.19. The molecular formula is C17H14FN3O. The van der Waals surface area contributed by atoms with Gasteiger partial charge in [0.15, 0.2) is 0 Å². The Balaban J connectivity index is 1.76.